The number of ether oxygens (including phenoxy) is 1. The number of hydrogen-bond donors (Lipinski definition) is 1. The molecule has 2 aromatic carbocycles. The molecule has 0 bridgehead atoms. The van der Waals surface area contributed by atoms with Crippen LogP contribution < -0.4 is 10.1 Å². The average molecular weight is 449 g/mol. The summed E-state index contributed by atoms with van der Waals surface area (Å²) in [5, 5.41) is 3.09. The quantitative estimate of drug-likeness (QED) is 0.669. The first-order valence-corrected chi connectivity index (χ1v) is 12.1. The monoisotopic (exact) mass is 448 g/mol. The Bertz CT molecular complexity index is 987. The number of amides is 1. The Morgan fingerprint density at radius 3 is 2.39 bits per heavy atom. The minimum atomic E-state index is -3.64. The molecule has 0 saturated carbocycles. The van der Waals surface area contributed by atoms with Gasteiger partial charge >= 0.3 is 0 Å². The van der Waals surface area contributed by atoms with Crippen LogP contribution in [-0.4, -0.2) is 38.8 Å². The van der Waals surface area contributed by atoms with Gasteiger partial charge in [0.25, 0.3) is 0 Å². The van der Waals surface area contributed by atoms with Crippen LogP contribution in [0.3, 0.4) is 0 Å². The third kappa shape index (κ3) is 5.83. The van der Waals surface area contributed by atoms with E-state index in [1.165, 1.54) is 22.5 Å². The van der Waals surface area contributed by atoms with Crippen molar-refractivity contribution in [2.45, 2.75) is 38.0 Å². The standard InChI is InChI=1S/C23H29FN2O4S/c1-3-22(17-8-10-20(30-2)11-9-17)25-23(27)18-12-14-26(15-13-18)31(28,29)16-19-6-4-5-7-21(19)24/h4-11,18,22H,3,12-16H2,1-2H3,(H,25,27)/t22-/m0/s1. The molecule has 0 aromatic heterocycles. The number of nitrogens with zero attached hydrogens (tertiary/aromatic N) is 1. The highest BCUT2D eigenvalue weighted by Crippen LogP contribution is 2.25. The van der Waals surface area contributed by atoms with Gasteiger partial charge in [-0.25, -0.2) is 17.1 Å². The number of halogens is 1. The fourth-order valence-corrected chi connectivity index (χ4v) is 5.42. The van der Waals surface area contributed by atoms with Crippen LogP contribution in [0, 0.1) is 11.7 Å². The van der Waals surface area contributed by atoms with E-state index in [-0.39, 0.29) is 42.3 Å². The Morgan fingerprint density at radius 1 is 1.16 bits per heavy atom. The van der Waals surface area contributed by atoms with Crippen LogP contribution in [-0.2, 0) is 20.6 Å². The molecular formula is C23H29FN2O4S. The van der Waals surface area contributed by atoms with Crippen molar-refractivity contribution < 1.29 is 22.3 Å². The van der Waals surface area contributed by atoms with Crippen molar-refractivity contribution in [2.24, 2.45) is 5.92 Å². The highest BCUT2D eigenvalue weighted by atomic mass is 32.2. The molecule has 3 rings (SSSR count). The number of methoxy groups -OCH3 is 1. The van der Waals surface area contributed by atoms with Gasteiger partial charge in [-0.3, -0.25) is 4.79 Å². The summed E-state index contributed by atoms with van der Waals surface area (Å²) in [7, 11) is -2.03. The van der Waals surface area contributed by atoms with Crippen LogP contribution in [0.4, 0.5) is 4.39 Å². The second kappa shape index (κ2) is 10.2. The molecule has 168 valence electrons. The van der Waals surface area contributed by atoms with Crippen molar-refractivity contribution in [3.8, 4) is 5.75 Å². The molecule has 1 amide bonds. The zero-order valence-corrected chi connectivity index (χ0v) is 18.7. The van der Waals surface area contributed by atoms with Gasteiger partial charge < -0.3 is 10.1 Å². The fourth-order valence-electron chi connectivity index (χ4n) is 3.85. The van der Waals surface area contributed by atoms with Crippen molar-refractivity contribution in [2.75, 3.05) is 20.2 Å². The van der Waals surface area contributed by atoms with Gasteiger partial charge in [0.1, 0.15) is 11.6 Å². The van der Waals surface area contributed by atoms with Gasteiger partial charge in [-0.15, -0.1) is 0 Å². The Labute approximate surface area is 183 Å². The lowest BCUT2D eigenvalue weighted by molar-refractivity contribution is -0.126. The highest BCUT2D eigenvalue weighted by Gasteiger charge is 2.32. The summed E-state index contributed by atoms with van der Waals surface area (Å²) in [6.45, 7) is 2.52. The molecule has 1 heterocycles. The molecule has 0 radical (unpaired) electrons. The summed E-state index contributed by atoms with van der Waals surface area (Å²) in [5.41, 5.74) is 1.16. The molecule has 0 spiro atoms. The van der Waals surface area contributed by atoms with E-state index in [2.05, 4.69) is 5.32 Å². The zero-order valence-electron chi connectivity index (χ0n) is 17.9. The summed E-state index contributed by atoms with van der Waals surface area (Å²) in [6, 6.07) is 13.4. The minimum absolute atomic E-state index is 0.0613. The van der Waals surface area contributed by atoms with Crippen LogP contribution in [0.1, 0.15) is 43.4 Å². The number of benzene rings is 2. The molecule has 8 heteroatoms. The Morgan fingerprint density at radius 2 is 1.81 bits per heavy atom. The van der Waals surface area contributed by atoms with Gasteiger partial charge in [0.05, 0.1) is 18.9 Å². The van der Waals surface area contributed by atoms with Crippen molar-refractivity contribution in [1.29, 1.82) is 0 Å². The molecule has 31 heavy (non-hydrogen) atoms. The number of carbonyl (C=O) groups is 1. The molecule has 1 aliphatic heterocycles. The predicted octanol–water partition coefficient (Wildman–Crippen LogP) is 3.64. The molecule has 1 saturated heterocycles. The summed E-state index contributed by atoms with van der Waals surface area (Å²) < 4.78 is 45.8. The predicted molar refractivity (Wildman–Crippen MR) is 117 cm³/mol. The Balaban J connectivity index is 1.56. The van der Waals surface area contributed by atoms with Crippen LogP contribution in [0.2, 0.25) is 0 Å². The van der Waals surface area contributed by atoms with E-state index in [9.17, 15) is 17.6 Å². The second-order valence-corrected chi connectivity index (χ2v) is 9.73. The van der Waals surface area contributed by atoms with E-state index < -0.39 is 15.8 Å². The van der Waals surface area contributed by atoms with Gasteiger partial charge in [-0.2, -0.15) is 0 Å². The van der Waals surface area contributed by atoms with Gasteiger partial charge in [-0.05, 0) is 43.0 Å². The summed E-state index contributed by atoms with van der Waals surface area (Å²) in [4.78, 5) is 12.8. The normalized spacial score (nSPS) is 16.6. The third-order valence-corrected chi connectivity index (χ3v) is 7.58. The maximum Gasteiger partial charge on any atom is 0.223 e. The number of piperidine rings is 1. The summed E-state index contributed by atoms with van der Waals surface area (Å²) >= 11 is 0. The molecule has 1 aliphatic rings. The average Bonchev–Trinajstić information content (AvgIpc) is 2.79. The van der Waals surface area contributed by atoms with Gasteiger partial charge in [-0.1, -0.05) is 37.3 Å². The van der Waals surface area contributed by atoms with E-state index in [1.54, 1.807) is 13.2 Å². The van der Waals surface area contributed by atoms with E-state index in [0.29, 0.717) is 12.8 Å². The maximum absolute atomic E-state index is 13.8. The topological polar surface area (TPSA) is 75.7 Å². The van der Waals surface area contributed by atoms with Crippen molar-refractivity contribution in [3.63, 3.8) is 0 Å². The largest absolute Gasteiger partial charge is 0.497 e. The molecule has 0 unspecified atom stereocenters. The highest BCUT2D eigenvalue weighted by molar-refractivity contribution is 7.88. The third-order valence-electron chi connectivity index (χ3n) is 5.76. The number of rotatable bonds is 8. The molecule has 1 N–H and O–H groups in total. The first-order chi connectivity index (χ1) is 14.8. The molecule has 1 atom stereocenters. The van der Waals surface area contributed by atoms with Crippen molar-refractivity contribution in [1.82, 2.24) is 9.62 Å². The van der Waals surface area contributed by atoms with Crippen LogP contribution in [0.15, 0.2) is 48.5 Å². The lowest BCUT2D eigenvalue weighted by atomic mass is 9.95. The fraction of sp³-hybridized carbons (Fsp3) is 0.435. The van der Waals surface area contributed by atoms with Gasteiger partial charge in [0, 0.05) is 24.6 Å². The Hall–Kier alpha value is -2.45. The molecule has 2 aromatic rings. The molecule has 0 aliphatic carbocycles. The van der Waals surface area contributed by atoms with Gasteiger partial charge in [0.15, 0.2) is 0 Å². The summed E-state index contributed by atoms with van der Waals surface area (Å²) in [6.07, 6.45) is 1.64. The van der Waals surface area contributed by atoms with E-state index >= 15 is 0 Å². The first-order valence-electron chi connectivity index (χ1n) is 10.5. The van der Waals surface area contributed by atoms with E-state index in [1.807, 2.05) is 31.2 Å². The zero-order chi connectivity index (χ0) is 22.4. The summed E-state index contributed by atoms with van der Waals surface area (Å²) in [5.74, 6) is -0.439. The number of nitrogens with one attached hydrogen (secondary N) is 1. The number of hydrogen-bond acceptors (Lipinski definition) is 4. The van der Waals surface area contributed by atoms with Crippen LogP contribution in [0.5, 0.6) is 5.75 Å². The number of carbonyl (C=O) groups excluding carboxylic acids is 1. The van der Waals surface area contributed by atoms with Crippen molar-refractivity contribution >= 4 is 15.9 Å². The van der Waals surface area contributed by atoms with Crippen LogP contribution in [0.25, 0.3) is 0 Å². The first kappa shape index (κ1) is 23.2. The second-order valence-electron chi connectivity index (χ2n) is 7.76. The van der Waals surface area contributed by atoms with Gasteiger partial charge in [0.2, 0.25) is 15.9 Å². The Kier molecular flexibility index (Phi) is 7.67. The van der Waals surface area contributed by atoms with E-state index in [4.69, 9.17) is 4.74 Å². The van der Waals surface area contributed by atoms with Crippen molar-refractivity contribution in [3.05, 3.63) is 65.5 Å². The van der Waals surface area contributed by atoms with Crippen LogP contribution >= 0.6 is 0 Å². The minimum Gasteiger partial charge on any atom is -0.497 e. The maximum atomic E-state index is 13.8. The lowest BCUT2D eigenvalue weighted by Gasteiger charge is -2.31. The SMILES string of the molecule is CC[C@H](NC(=O)C1CCN(S(=O)(=O)Cc2ccccc2F)CC1)c1ccc(OC)cc1. The smallest absolute Gasteiger partial charge is 0.223 e. The number of sulfonamides is 1. The lowest BCUT2D eigenvalue weighted by Crippen LogP contribution is -2.44. The molecule has 6 nitrogen and oxygen atoms in total. The molecular weight excluding hydrogens is 419 g/mol. The van der Waals surface area contributed by atoms with E-state index in [0.717, 1.165) is 17.7 Å². The molecule has 1 fully saturated rings.